The number of thiazole rings is 1. The van der Waals surface area contributed by atoms with E-state index in [0.29, 0.717) is 19.0 Å². The van der Waals surface area contributed by atoms with Crippen molar-refractivity contribution in [3.63, 3.8) is 0 Å². The van der Waals surface area contributed by atoms with Crippen LogP contribution >= 0.6 is 35.3 Å². The molecule has 2 aromatic rings. The fourth-order valence-corrected chi connectivity index (χ4v) is 3.09. The predicted octanol–water partition coefficient (Wildman–Crippen LogP) is 4.03. The van der Waals surface area contributed by atoms with Crippen LogP contribution in [-0.2, 0) is 6.54 Å². The fourth-order valence-electron chi connectivity index (χ4n) is 2.25. The lowest BCUT2D eigenvalue weighted by Gasteiger charge is -2.18. The third kappa shape index (κ3) is 7.92. The zero-order valence-corrected chi connectivity index (χ0v) is 19.6. The van der Waals surface area contributed by atoms with Gasteiger partial charge in [0.05, 0.1) is 30.9 Å². The Morgan fingerprint density at radius 2 is 1.96 bits per heavy atom. The van der Waals surface area contributed by atoms with E-state index in [1.165, 1.54) is 0 Å². The largest absolute Gasteiger partial charge is 0.497 e. The summed E-state index contributed by atoms with van der Waals surface area (Å²) in [7, 11) is 3.40. The summed E-state index contributed by atoms with van der Waals surface area (Å²) in [4.78, 5) is 8.87. The second kappa shape index (κ2) is 12.0. The first-order valence-electron chi connectivity index (χ1n) is 8.71. The number of ether oxygens (including phenoxy) is 2. The molecular formula is C19H29IN4O2S. The normalized spacial score (nSPS) is 12.3. The van der Waals surface area contributed by atoms with Crippen molar-refractivity contribution in [3.8, 4) is 11.5 Å². The van der Waals surface area contributed by atoms with Crippen molar-refractivity contribution in [2.75, 3.05) is 20.7 Å². The lowest BCUT2D eigenvalue weighted by molar-refractivity contribution is 0.223. The lowest BCUT2D eigenvalue weighted by Crippen LogP contribution is -2.41. The van der Waals surface area contributed by atoms with Gasteiger partial charge in [-0.1, -0.05) is 19.9 Å². The maximum atomic E-state index is 5.91. The molecule has 1 atom stereocenters. The van der Waals surface area contributed by atoms with Gasteiger partial charge in [-0.3, -0.25) is 4.99 Å². The molecule has 0 aliphatic heterocycles. The van der Waals surface area contributed by atoms with Crippen LogP contribution in [0.5, 0.6) is 11.5 Å². The molecule has 1 heterocycles. The molecule has 6 nitrogen and oxygen atoms in total. The number of rotatable bonds is 8. The first-order chi connectivity index (χ1) is 12.5. The van der Waals surface area contributed by atoms with Gasteiger partial charge < -0.3 is 20.1 Å². The summed E-state index contributed by atoms with van der Waals surface area (Å²) in [6, 6.07) is 7.59. The molecule has 8 heteroatoms. The van der Waals surface area contributed by atoms with Crippen LogP contribution in [-0.4, -0.2) is 37.7 Å². The van der Waals surface area contributed by atoms with Crippen molar-refractivity contribution < 1.29 is 9.47 Å². The molecule has 0 amide bonds. The van der Waals surface area contributed by atoms with Gasteiger partial charge in [-0.15, -0.1) is 35.3 Å². The summed E-state index contributed by atoms with van der Waals surface area (Å²) in [6.07, 6.45) is -0.0209. The number of hydrogen-bond donors (Lipinski definition) is 2. The Bertz CT molecular complexity index is 721. The number of aliphatic imine (C=N–C) groups is 1. The van der Waals surface area contributed by atoms with E-state index in [4.69, 9.17) is 9.47 Å². The van der Waals surface area contributed by atoms with E-state index in [9.17, 15) is 0 Å². The van der Waals surface area contributed by atoms with Crippen LogP contribution in [0, 0.1) is 0 Å². The number of nitrogens with zero attached hydrogens (tertiary/aromatic N) is 2. The Balaban J connectivity index is 0.00000364. The van der Waals surface area contributed by atoms with Crippen molar-refractivity contribution in [2.45, 2.75) is 39.3 Å². The van der Waals surface area contributed by atoms with Crippen LogP contribution in [0.1, 0.15) is 37.4 Å². The van der Waals surface area contributed by atoms with Crippen LogP contribution in [0.2, 0.25) is 0 Å². The maximum Gasteiger partial charge on any atom is 0.191 e. The number of aromatic nitrogens is 1. The van der Waals surface area contributed by atoms with Crippen LogP contribution in [0.3, 0.4) is 0 Å². The first-order valence-corrected chi connectivity index (χ1v) is 9.59. The number of halogens is 1. The number of benzene rings is 1. The van der Waals surface area contributed by atoms with E-state index >= 15 is 0 Å². The molecule has 2 rings (SSSR count). The number of guanidine groups is 1. The average Bonchev–Trinajstić information content (AvgIpc) is 3.11. The smallest absolute Gasteiger partial charge is 0.191 e. The molecule has 0 spiro atoms. The molecule has 0 saturated heterocycles. The topological polar surface area (TPSA) is 67.8 Å². The Morgan fingerprint density at radius 1 is 1.22 bits per heavy atom. The van der Waals surface area contributed by atoms with E-state index < -0.39 is 0 Å². The van der Waals surface area contributed by atoms with Gasteiger partial charge in [-0.05, 0) is 19.1 Å². The van der Waals surface area contributed by atoms with E-state index in [-0.39, 0.29) is 30.1 Å². The third-order valence-electron chi connectivity index (χ3n) is 3.66. The summed E-state index contributed by atoms with van der Waals surface area (Å²) >= 11 is 1.70. The minimum atomic E-state index is -0.0209. The Kier molecular flexibility index (Phi) is 10.5. The quantitative estimate of drug-likeness (QED) is 0.323. The minimum absolute atomic E-state index is 0. The third-order valence-corrected chi connectivity index (χ3v) is 4.85. The highest BCUT2D eigenvalue weighted by molar-refractivity contribution is 14.0. The van der Waals surface area contributed by atoms with E-state index in [1.54, 1.807) is 25.5 Å². The van der Waals surface area contributed by atoms with Gasteiger partial charge in [0.2, 0.25) is 0 Å². The SMILES string of the molecule is CN=C(NCc1csc(C(C)C)n1)NCC(C)Oc1cccc(OC)c1.I. The van der Waals surface area contributed by atoms with Crippen molar-refractivity contribution >= 4 is 41.3 Å². The molecular weight excluding hydrogens is 475 g/mol. The molecule has 2 N–H and O–H groups in total. The number of nitrogens with one attached hydrogen (secondary N) is 2. The molecule has 150 valence electrons. The molecule has 0 radical (unpaired) electrons. The van der Waals surface area contributed by atoms with Crippen LogP contribution in [0.15, 0.2) is 34.6 Å². The minimum Gasteiger partial charge on any atom is -0.497 e. The zero-order valence-electron chi connectivity index (χ0n) is 16.5. The predicted molar refractivity (Wildman–Crippen MR) is 123 cm³/mol. The van der Waals surface area contributed by atoms with Gasteiger partial charge in [0.15, 0.2) is 5.96 Å². The number of methoxy groups -OCH3 is 1. The van der Waals surface area contributed by atoms with Crippen LogP contribution < -0.4 is 20.1 Å². The van der Waals surface area contributed by atoms with Crippen molar-refractivity contribution in [3.05, 3.63) is 40.3 Å². The van der Waals surface area contributed by atoms with Crippen LogP contribution in [0.4, 0.5) is 0 Å². The zero-order chi connectivity index (χ0) is 18.9. The maximum absolute atomic E-state index is 5.91. The van der Waals surface area contributed by atoms with Crippen molar-refractivity contribution in [2.24, 2.45) is 4.99 Å². The second-order valence-electron chi connectivity index (χ2n) is 6.25. The van der Waals surface area contributed by atoms with E-state index in [1.807, 2.05) is 31.2 Å². The fraction of sp³-hybridized carbons (Fsp3) is 0.474. The van der Waals surface area contributed by atoms with Gasteiger partial charge in [0.1, 0.15) is 17.6 Å². The summed E-state index contributed by atoms with van der Waals surface area (Å²) in [5.74, 6) is 2.75. The van der Waals surface area contributed by atoms with Gasteiger partial charge in [0, 0.05) is 24.4 Å². The summed E-state index contributed by atoms with van der Waals surface area (Å²) in [5, 5.41) is 9.80. The second-order valence-corrected chi connectivity index (χ2v) is 7.14. The highest BCUT2D eigenvalue weighted by Crippen LogP contribution is 2.20. The summed E-state index contributed by atoms with van der Waals surface area (Å²) in [5.41, 5.74) is 1.03. The monoisotopic (exact) mass is 504 g/mol. The highest BCUT2D eigenvalue weighted by Gasteiger charge is 2.08. The van der Waals surface area contributed by atoms with E-state index in [0.717, 1.165) is 28.2 Å². The highest BCUT2D eigenvalue weighted by atomic mass is 127. The van der Waals surface area contributed by atoms with Gasteiger partial charge in [-0.2, -0.15) is 0 Å². The lowest BCUT2D eigenvalue weighted by atomic mass is 10.2. The Labute approximate surface area is 182 Å². The Hall–Kier alpha value is -1.55. The van der Waals surface area contributed by atoms with Gasteiger partial charge >= 0.3 is 0 Å². The molecule has 0 aliphatic carbocycles. The van der Waals surface area contributed by atoms with Crippen LogP contribution in [0.25, 0.3) is 0 Å². The van der Waals surface area contributed by atoms with Gasteiger partial charge in [0.25, 0.3) is 0 Å². The average molecular weight is 504 g/mol. The van der Waals surface area contributed by atoms with Crippen molar-refractivity contribution in [1.82, 2.24) is 15.6 Å². The Morgan fingerprint density at radius 3 is 2.59 bits per heavy atom. The standard InChI is InChI=1S/C19H28N4O2S.HI/c1-13(2)18-23-15(12-26-18)11-22-19(20-4)21-10-14(3)25-17-8-6-7-16(9-17)24-5;/h6-9,12-14H,10-11H2,1-5H3,(H2,20,21,22);1H. The van der Waals surface area contributed by atoms with Gasteiger partial charge in [-0.25, -0.2) is 4.98 Å². The summed E-state index contributed by atoms with van der Waals surface area (Å²) < 4.78 is 11.1. The molecule has 0 saturated carbocycles. The summed E-state index contributed by atoms with van der Waals surface area (Å²) in [6.45, 7) is 7.59. The first kappa shape index (κ1) is 23.5. The molecule has 1 aromatic carbocycles. The number of hydrogen-bond acceptors (Lipinski definition) is 5. The molecule has 1 unspecified atom stereocenters. The molecule has 27 heavy (non-hydrogen) atoms. The molecule has 0 fully saturated rings. The molecule has 1 aromatic heterocycles. The van der Waals surface area contributed by atoms with Crippen molar-refractivity contribution in [1.29, 1.82) is 0 Å². The van der Waals surface area contributed by atoms with E-state index in [2.05, 4.69) is 39.8 Å². The molecule has 0 aliphatic rings. The molecule has 0 bridgehead atoms.